The van der Waals surface area contributed by atoms with E-state index in [1.54, 1.807) is 0 Å². The normalized spacial score (nSPS) is 23.0. The van der Waals surface area contributed by atoms with Crippen LogP contribution >= 0.6 is 0 Å². The molecular weight excluding hydrogens is 572 g/mol. The average molecular weight is 609 g/mol. The van der Waals surface area contributed by atoms with Gasteiger partial charge in [0.25, 0.3) is 5.91 Å². The molecule has 1 N–H and O–H groups in total. The van der Waals surface area contributed by atoms with Crippen LogP contribution in [0, 0.1) is 17.2 Å². The van der Waals surface area contributed by atoms with E-state index < -0.39 is 41.4 Å². The van der Waals surface area contributed by atoms with Gasteiger partial charge in [0, 0.05) is 25.1 Å². The van der Waals surface area contributed by atoms with Gasteiger partial charge < -0.3 is 24.4 Å². The number of rotatable bonds is 8. The largest absolute Gasteiger partial charge is 0.476 e. The number of likely N-dealkylation sites (tertiary alicyclic amines) is 2. The summed E-state index contributed by atoms with van der Waals surface area (Å²) >= 11 is 0. The van der Waals surface area contributed by atoms with Crippen LogP contribution in [0.2, 0.25) is 0 Å². The van der Waals surface area contributed by atoms with E-state index >= 15 is 4.39 Å². The van der Waals surface area contributed by atoms with Gasteiger partial charge in [-0.1, -0.05) is 12.5 Å². The van der Waals surface area contributed by atoms with Gasteiger partial charge in [-0.2, -0.15) is 13.2 Å². The van der Waals surface area contributed by atoms with Crippen molar-refractivity contribution in [2.24, 2.45) is 11.3 Å². The van der Waals surface area contributed by atoms with Crippen LogP contribution in [0.15, 0.2) is 30.6 Å². The number of carbonyl (C=O) groups is 2. The van der Waals surface area contributed by atoms with Gasteiger partial charge in [-0.25, -0.2) is 19.2 Å². The topological polar surface area (TPSA) is 105 Å². The van der Waals surface area contributed by atoms with Crippen molar-refractivity contribution in [1.82, 2.24) is 19.8 Å². The van der Waals surface area contributed by atoms with E-state index in [1.165, 1.54) is 42.6 Å². The van der Waals surface area contributed by atoms with Crippen LogP contribution in [0.4, 0.5) is 17.6 Å². The highest BCUT2D eigenvalue weighted by Gasteiger charge is 2.58. The van der Waals surface area contributed by atoms with Crippen LogP contribution in [0.25, 0.3) is 11.3 Å². The number of amides is 1. The lowest BCUT2D eigenvalue weighted by Gasteiger charge is -2.47. The molecule has 2 saturated heterocycles. The Morgan fingerprint density at radius 3 is 2.42 bits per heavy atom. The lowest BCUT2D eigenvalue weighted by Crippen LogP contribution is -2.53. The number of alkyl halides is 3. The van der Waals surface area contributed by atoms with Crippen LogP contribution in [0.5, 0.6) is 5.88 Å². The molecule has 43 heavy (non-hydrogen) atoms. The Kier molecular flexibility index (Phi) is 9.21. The summed E-state index contributed by atoms with van der Waals surface area (Å²) in [6.07, 6.45) is 0.765. The molecule has 2 atom stereocenters. The number of benzene rings is 1. The zero-order valence-corrected chi connectivity index (χ0v) is 24.0. The molecule has 3 aliphatic rings. The van der Waals surface area contributed by atoms with Gasteiger partial charge in [-0.15, -0.1) is 0 Å². The summed E-state index contributed by atoms with van der Waals surface area (Å²) < 4.78 is 66.2. The van der Waals surface area contributed by atoms with Crippen LogP contribution in [0.1, 0.15) is 55.3 Å². The van der Waals surface area contributed by atoms with Gasteiger partial charge >= 0.3 is 12.1 Å². The van der Waals surface area contributed by atoms with Crippen LogP contribution in [-0.4, -0.2) is 95.0 Å². The molecule has 234 valence electrons. The SMILES string of the molecule is COC(=O)C1CC(O)CCN1C(=O)c1ccc(-c2cnc(OCC3CCN(CC4(C(F)(F)F)CCC4)CC3)cn2)cc1F. The number of ether oxygens (including phenoxy) is 2. The fourth-order valence-corrected chi connectivity index (χ4v) is 6.17. The summed E-state index contributed by atoms with van der Waals surface area (Å²) in [7, 11) is 1.19. The Bertz CT molecular complexity index is 1300. The molecule has 1 amide bonds. The first-order chi connectivity index (χ1) is 20.5. The van der Waals surface area contributed by atoms with Gasteiger partial charge in [0.05, 0.1) is 48.9 Å². The van der Waals surface area contributed by atoms with Crippen molar-refractivity contribution < 1.29 is 41.7 Å². The number of piperidine rings is 2. The number of halogens is 4. The van der Waals surface area contributed by atoms with Crippen LogP contribution in [-0.2, 0) is 9.53 Å². The number of aliphatic hydroxyl groups is 1. The van der Waals surface area contributed by atoms with E-state index in [9.17, 15) is 27.9 Å². The molecule has 0 radical (unpaired) electrons. The minimum Gasteiger partial charge on any atom is -0.476 e. The Morgan fingerprint density at radius 2 is 1.84 bits per heavy atom. The first kappa shape index (κ1) is 31.1. The van der Waals surface area contributed by atoms with Gasteiger partial charge in [-0.05, 0) is 63.2 Å². The first-order valence-corrected chi connectivity index (χ1v) is 14.6. The predicted octanol–water partition coefficient (Wildman–Crippen LogP) is 4.24. The molecule has 0 bridgehead atoms. The Balaban J connectivity index is 1.14. The summed E-state index contributed by atoms with van der Waals surface area (Å²) in [4.78, 5) is 37.0. The fraction of sp³-hybridized carbons (Fsp3) is 0.600. The molecular formula is C30H36F4N4O5. The van der Waals surface area contributed by atoms with Gasteiger partial charge in [-0.3, -0.25) is 4.79 Å². The van der Waals surface area contributed by atoms with E-state index in [2.05, 4.69) is 9.97 Å². The van der Waals surface area contributed by atoms with E-state index in [4.69, 9.17) is 9.47 Å². The quantitative estimate of drug-likeness (QED) is 0.351. The number of methoxy groups -OCH3 is 1. The minimum atomic E-state index is -4.16. The number of aliphatic hydroxyl groups excluding tert-OH is 1. The fourth-order valence-electron chi connectivity index (χ4n) is 6.17. The zero-order chi connectivity index (χ0) is 30.8. The third-order valence-corrected chi connectivity index (χ3v) is 9.04. The van der Waals surface area contributed by atoms with Crippen molar-refractivity contribution in [2.75, 3.05) is 39.9 Å². The summed E-state index contributed by atoms with van der Waals surface area (Å²) in [6, 6.07) is 3.03. The van der Waals surface area contributed by atoms with Crippen molar-refractivity contribution in [3.05, 3.63) is 42.0 Å². The second-order valence-corrected chi connectivity index (χ2v) is 11.8. The molecule has 9 nitrogen and oxygen atoms in total. The van der Waals surface area contributed by atoms with E-state index in [0.717, 1.165) is 12.8 Å². The molecule has 3 heterocycles. The molecule has 1 aromatic carbocycles. The van der Waals surface area contributed by atoms with E-state index in [1.807, 2.05) is 4.90 Å². The maximum Gasteiger partial charge on any atom is 0.395 e. The highest BCUT2D eigenvalue weighted by atomic mass is 19.4. The molecule has 2 aromatic rings. The van der Waals surface area contributed by atoms with E-state index in [-0.39, 0.29) is 56.1 Å². The number of hydrogen-bond acceptors (Lipinski definition) is 8. The molecule has 5 rings (SSSR count). The minimum absolute atomic E-state index is 0.0178. The average Bonchev–Trinajstić information content (AvgIpc) is 2.97. The number of hydrogen-bond donors (Lipinski definition) is 1. The van der Waals surface area contributed by atoms with Crippen molar-refractivity contribution in [2.45, 2.75) is 63.3 Å². The zero-order valence-electron chi connectivity index (χ0n) is 24.0. The molecule has 1 saturated carbocycles. The molecule has 1 aromatic heterocycles. The van der Waals surface area contributed by atoms with Gasteiger partial charge in [0.2, 0.25) is 5.88 Å². The molecule has 0 spiro atoms. The Labute approximate surface area is 247 Å². The molecule has 13 heteroatoms. The standard InChI is InChI=1S/C30H36F4N4O5/c1-42-28(41)25-14-21(39)7-12-38(25)27(40)22-4-3-20(13-23(22)31)24-15-36-26(16-35-24)43-17-19-5-10-37(11-6-19)18-29(8-2-9-29)30(32,33)34/h3-4,13,15-16,19,21,25,39H,2,5-12,14,17-18H2,1H3. The summed E-state index contributed by atoms with van der Waals surface area (Å²) in [5, 5.41) is 9.93. The number of aromatic nitrogens is 2. The summed E-state index contributed by atoms with van der Waals surface area (Å²) in [5.41, 5.74) is -1.00. The van der Waals surface area contributed by atoms with Crippen molar-refractivity contribution in [1.29, 1.82) is 0 Å². The number of carbonyl (C=O) groups excluding carboxylic acids is 2. The Hall–Kier alpha value is -3.32. The van der Waals surface area contributed by atoms with Crippen molar-refractivity contribution in [3.8, 4) is 17.1 Å². The number of nitrogens with zero attached hydrogens (tertiary/aromatic N) is 4. The predicted molar refractivity (Wildman–Crippen MR) is 147 cm³/mol. The monoisotopic (exact) mass is 608 g/mol. The maximum absolute atomic E-state index is 15.1. The summed E-state index contributed by atoms with van der Waals surface area (Å²) in [6.45, 7) is 1.74. The molecule has 1 aliphatic carbocycles. The third kappa shape index (κ3) is 6.77. The second-order valence-electron chi connectivity index (χ2n) is 11.8. The van der Waals surface area contributed by atoms with Crippen LogP contribution in [0.3, 0.4) is 0 Å². The van der Waals surface area contributed by atoms with Gasteiger partial charge in [0.15, 0.2) is 0 Å². The highest BCUT2D eigenvalue weighted by Crippen LogP contribution is 2.53. The van der Waals surface area contributed by atoms with Crippen molar-refractivity contribution >= 4 is 11.9 Å². The summed E-state index contributed by atoms with van der Waals surface area (Å²) in [5.74, 6) is -1.65. The maximum atomic E-state index is 15.1. The second kappa shape index (κ2) is 12.7. The van der Waals surface area contributed by atoms with Crippen molar-refractivity contribution in [3.63, 3.8) is 0 Å². The smallest absolute Gasteiger partial charge is 0.395 e. The van der Waals surface area contributed by atoms with E-state index in [0.29, 0.717) is 37.4 Å². The Morgan fingerprint density at radius 1 is 1.09 bits per heavy atom. The number of esters is 1. The third-order valence-electron chi connectivity index (χ3n) is 9.04. The molecule has 2 unspecified atom stereocenters. The van der Waals surface area contributed by atoms with Gasteiger partial charge in [0.1, 0.15) is 11.9 Å². The molecule has 2 aliphatic heterocycles. The van der Waals surface area contributed by atoms with Crippen LogP contribution < -0.4 is 4.74 Å². The highest BCUT2D eigenvalue weighted by molar-refractivity contribution is 5.97. The molecule has 3 fully saturated rings. The lowest BCUT2D eigenvalue weighted by atomic mass is 9.67. The first-order valence-electron chi connectivity index (χ1n) is 14.6. The lowest BCUT2D eigenvalue weighted by molar-refractivity contribution is -0.256.